The largest absolute Gasteiger partial charge is 0.481 e. The average Bonchev–Trinajstić information content (AvgIpc) is 3.23. The maximum Gasteiger partial charge on any atom is 0.310 e. The molecule has 1 amide bonds. The van der Waals surface area contributed by atoms with Gasteiger partial charge < -0.3 is 19.6 Å². The number of carboxylic acid groups (broad SMARTS) is 1. The Hall–Kier alpha value is -1.79. The van der Waals surface area contributed by atoms with Gasteiger partial charge in [-0.05, 0) is 37.1 Å². The summed E-state index contributed by atoms with van der Waals surface area (Å²) in [5.74, 6) is -2.19. The van der Waals surface area contributed by atoms with Gasteiger partial charge in [0.1, 0.15) is 0 Å². The molecule has 0 saturated carbocycles. The second-order valence-electron chi connectivity index (χ2n) is 6.97. The van der Waals surface area contributed by atoms with Crippen molar-refractivity contribution in [3.8, 4) is 0 Å². The van der Waals surface area contributed by atoms with Crippen LogP contribution in [0.5, 0.6) is 0 Å². The van der Waals surface area contributed by atoms with Crippen molar-refractivity contribution in [1.82, 2.24) is 4.90 Å². The Balaban J connectivity index is 1.41. The van der Waals surface area contributed by atoms with Crippen molar-refractivity contribution >= 4 is 29.2 Å². The van der Waals surface area contributed by atoms with E-state index in [2.05, 4.69) is 4.90 Å². The number of fused-ring (bicyclic) bond motifs is 2. The van der Waals surface area contributed by atoms with E-state index in [-0.39, 0.29) is 18.1 Å². The number of amides is 1. The second-order valence-corrected chi connectivity index (χ2v) is 7.41. The third-order valence-corrected chi connectivity index (χ3v) is 5.88. The first-order chi connectivity index (χ1) is 12.0. The number of aliphatic carboxylic acids is 1. The number of rotatable bonds is 3. The van der Waals surface area contributed by atoms with Gasteiger partial charge in [-0.3, -0.25) is 9.59 Å². The lowest BCUT2D eigenvalue weighted by atomic mass is 9.78. The lowest BCUT2D eigenvalue weighted by Crippen LogP contribution is -2.53. The molecule has 134 valence electrons. The van der Waals surface area contributed by atoms with E-state index >= 15 is 0 Å². The monoisotopic (exact) mass is 364 g/mol. The van der Waals surface area contributed by atoms with E-state index < -0.39 is 17.8 Å². The molecular formula is C18H21ClN2O4. The zero-order valence-corrected chi connectivity index (χ0v) is 14.6. The molecular weight excluding hydrogens is 344 g/mol. The van der Waals surface area contributed by atoms with E-state index in [9.17, 15) is 14.7 Å². The lowest BCUT2D eigenvalue weighted by Gasteiger charge is -2.38. The van der Waals surface area contributed by atoms with Crippen molar-refractivity contribution < 1.29 is 19.4 Å². The Morgan fingerprint density at radius 1 is 1.00 bits per heavy atom. The van der Waals surface area contributed by atoms with Gasteiger partial charge in [0.2, 0.25) is 5.91 Å². The number of ether oxygens (including phenoxy) is 1. The standard InChI is InChI=1S/C18H21ClN2O4/c19-11-1-3-12(4-2-11)20-7-9-21(10-8-20)17(22)15-13-5-6-14(25-13)16(15)18(23)24/h1-4,13-16H,5-10H2,(H,23,24)/t13-,14-,15+,16+/m1/s1. The number of carbonyl (C=O) groups excluding carboxylic acids is 1. The summed E-state index contributed by atoms with van der Waals surface area (Å²) in [7, 11) is 0. The number of carboxylic acids is 1. The van der Waals surface area contributed by atoms with Gasteiger partial charge in [0.05, 0.1) is 24.0 Å². The van der Waals surface area contributed by atoms with Gasteiger partial charge >= 0.3 is 5.97 Å². The van der Waals surface area contributed by atoms with Gasteiger partial charge in [0.15, 0.2) is 0 Å². The summed E-state index contributed by atoms with van der Waals surface area (Å²) in [6.07, 6.45) is 1.01. The molecule has 1 aromatic rings. The molecule has 7 heteroatoms. The fraction of sp³-hybridized carbons (Fsp3) is 0.556. The highest BCUT2D eigenvalue weighted by molar-refractivity contribution is 6.30. The number of hydrogen-bond donors (Lipinski definition) is 1. The van der Waals surface area contributed by atoms with Gasteiger partial charge in [-0.1, -0.05) is 11.6 Å². The molecule has 3 fully saturated rings. The number of benzene rings is 1. The SMILES string of the molecule is O=C(O)[C@@H]1[C@@H](C(=O)N2CCN(c3ccc(Cl)cc3)CC2)[C@H]2CC[C@H]1O2. The molecule has 1 N–H and O–H groups in total. The molecule has 25 heavy (non-hydrogen) atoms. The summed E-state index contributed by atoms with van der Waals surface area (Å²) in [5.41, 5.74) is 1.09. The van der Waals surface area contributed by atoms with Crippen molar-refractivity contribution in [3.05, 3.63) is 29.3 Å². The molecule has 3 saturated heterocycles. The third kappa shape index (κ3) is 2.98. The summed E-state index contributed by atoms with van der Waals surface area (Å²) >= 11 is 5.93. The Kier molecular flexibility index (Phi) is 4.33. The lowest BCUT2D eigenvalue weighted by molar-refractivity contribution is -0.151. The van der Waals surface area contributed by atoms with Crippen molar-refractivity contribution in [1.29, 1.82) is 0 Å². The summed E-state index contributed by atoms with van der Waals surface area (Å²) in [6.45, 7) is 2.66. The highest BCUT2D eigenvalue weighted by Gasteiger charge is 2.56. The average molecular weight is 365 g/mol. The van der Waals surface area contributed by atoms with Crippen LogP contribution in [0.25, 0.3) is 0 Å². The number of hydrogen-bond acceptors (Lipinski definition) is 4. The quantitative estimate of drug-likeness (QED) is 0.886. The van der Waals surface area contributed by atoms with Crippen LogP contribution in [-0.4, -0.2) is 60.3 Å². The molecule has 4 rings (SSSR count). The van der Waals surface area contributed by atoms with Crippen molar-refractivity contribution in [3.63, 3.8) is 0 Å². The zero-order chi connectivity index (χ0) is 17.6. The van der Waals surface area contributed by atoms with Crippen LogP contribution in [0.3, 0.4) is 0 Å². The molecule has 0 spiro atoms. The van der Waals surface area contributed by atoms with E-state index in [1.165, 1.54) is 0 Å². The number of anilines is 1. The smallest absolute Gasteiger partial charge is 0.310 e. The fourth-order valence-electron chi connectivity index (χ4n) is 4.35. The number of piperazine rings is 1. The Labute approximate surface area is 151 Å². The molecule has 0 radical (unpaired) electrons. The van der Waals surface area contributed by atoms with Gasteiger partial charge in [0.25, 0.3) is 0 Å². The molecule has 3 aliphatic rings. The van der Waals surface area contributed by atoms with Crippen LogP contribution < -0.4 is 4.90 Å². The third-order valence-electron chi connectivity index (χ3n) is 5.63. The molecule has 2 bridgehead atoms. The Bertz CT molecular complexity index is 672. The first-order valence-electron chi connectivity index (χ1n) is 8.72. The van der Waals surface area contributed by atoms with Gasteiger partial charge in [-0.2, -0.15) is 0 Å². The number of halogens is 1. The topological polar surface area (TPSA) is 70.1 Å². The molecule has 4 atom stereocenters. The summed E-state index contributed by atoms with van der Waals surface area (Å²) in [5, 5.41) is 10.2. The van der Waals surface area contributed by atoms with Gasteiger partial charge in [0, 0.05) is 36.9 Å². The van der Waals surface area contributed by atoms with Crippen LogP contribution in [0, 0.1) is 11.8 Å². The minimum absolute atomic E-state index is 0.0599. The van der Waals surface area contributed by atoms with Gasteiger partial charge in [-0.15, -0.1) is 0 Å². The Morgan fingerprint density at radius 3 is 2.20 bits per heavy atom. The van der Waals surface area contributed by atoms with Crippen LogP contribution in [0.1, 0.15) is 12.8 Å². The molecule has 0 unspecified atom stereocenters. The first kappa shape index (κ1) is 16.7. The van der Waals surface area contributed by atoms with Gasteiger partial charge in [-0.25, -0.2) is 0 Å². The van der Waals surface area contributed by atoms with Crippen LogP contribution in [0.2, 0.25) is 5.02 Å². The minimum atomic E-state index is -0.912. The van der Waals surface area contributed by atoms with E-state index in [4.69, 9.17) is 16.3 Å². The van der Waals surface area contributed by atoms with E-state index in [1.54, 1.807) is 4.90 Å². The highest BCUT2D eigenvalue weighted by atomic mass is 35.5. The van der Waals surface area contributed by atoms with Crippen LogP contribution in [0.4, 0.5) is 5.69 Å². The normalized spacial score (nSPS) is 31.4. The van der Waals surface area contributed by atoms with Crippen LogP contribution in [0.15, 0.2) is 24.3 Å². The fourth-order valence-corrected chi connectivity index (χ4v) is 4.48. The molecule has 3 heterocycles. The molecule has 0 aliphatic carbocycles. The van der Waals surface area contributed by atoms with Crippen molar-refractivity contribution in [2.24, 2.45) is 11.8 Å². The molecule has 1 aromatic carbocycles. The van der Waals surface area contributed by atoms with E-state index in [1.807, 2.05) is 24.3 Å². The number of carbonyl (C=O) groups is 2. The van der Waals surface area contributed by atoms with E-state index in [0.29, 0.717) is 18.1 Å². The molecule has 6 nitrogen and oxygen atoms in total. The number of nitrogens with zero attached hydrogens (tertiary/aromatic N) is 2. The van der Waals surface area contributed by atoms with Crippen LogP contribution >= 0.6 is 11.6 Å². The summed E-state index contributed by atoms with van der Waals surface area (Å²) in [6, 6.07) is 7.67. The predicted octanol–water partition coefficient (Wildman–Crippen LogP) is 1.87. The van der Waals surface area contributed by atoms with Crippen molar-refractivity contribution in [2.45, 2.75) is 25.0 Å². The van der Waals surface area contributed by atoms with Crippen LogP contribution in [-0.2, 0) is 14.3 Å². The van der Waals surface area contributed by atoms with E-state index in [0.717, 1.165) is 31.6 Å². The predicted molar refractivity (Wildman–Crippen MR) is 92.8 cm³/mol. The first-order valence-corrected chi connectivity index (χ1v) is 9.10. The minimum Gasteiger partial charge on any atom is -0.481 e. The second kappa shape index (κ2) is 6.50. The molecule has 3 aliphatic heterocycles. The zero-order valence-electron chi connectivity index (χ0n) is 13.8. The van der Waals surface area contributed by atoms with Crippen molar-refractivity contribution in [2.75, 3.05) is 31.1 Å². The summed E-state index contributed by atoms with van der Waals surface area (Å²) in [4.78, 5) is 28.5. The maximum atomic E-state index is 12.9. The summed E-state index contributed by atoms with van der Waals surface area (Å²) < 4.78 is 5.72. The maximum absolute atomic E-state index is 12.9. The highest BCUT2D eigenvalue weighted by Crippen LogP contribution is 2.44. The molecule has 0 aromatic heterocycles. The Morgan fingerprint density at radius 2 is 1.60 bits per heavy atom.